The van der Waals surface area contributed by atoms with E-state index in [1.807, 2.05) is 56.3 Å². The molecule has 3 aromatic carbocycles. The Labute approximate surface area is 250 Å². The number of carbonyl (C=O) groups excluding carboxylic acids is 2. The third-order valence-corrected chi connectivity index (χ3v) is 7.67. The molecule has 0 aliphatic carbocycles. The first-order valence-electron chi connectivity index (χ1n) is 13.0. The summed E-state index contributed by atoms with van der Waals surface area (Å²) in [5.41, 5.74) is 1.76. The summed E-state index contributed by atoms with van der Waals surface area (Å²) in [6.45, 7) is 4.13. The standard InChI is InChI=1S/C29H27BrClN5O5/c1-17(2)41-24-15-20(36(39)40)11-12-22(24)28-33-26(18-7-9-19(30)10-8-18)27(21-5-3-4-6-23(21)31)35(28)29(38)34-14-13-32-25(37)16-34/h3-12,15,17,26-27H,13-14,16H2,1-2H3,(H,32,37)/t26-,27+/m0/s1. The molecule has 10 nitrogen and oxygen atoms in total. The number of piperazine rings is 1. The third kappa shape index (κ3) is 5.91. The van der Waals surface area contributed by atoms with Gasteiger partial charge < -0.3 is 15.0 Å². The Morgan fingerprint density at radius 2 is 1.90 bits per heavy atom. The Hall–Kier alpha value is -3.96. The van der Waals surface area contributed by atoms with Crippen LogP contribution in [-0.2, 0) is 4.79 Å². The number of non-ortho nitro benzene ring substituents is 1. The molecule has 1 fully saturated rings. The Bertz CT molecular complexity index is 1530. The van der Waals surface area contributed by atoms with E-state index in [2.05, 4.69) is 21.2 Å². The quantitative estimate of drug-likeness (QED) is 0.266. The van der Waals surface area contributed by atoms with Crippen molar-refractivity contribution in [3.63, 3.8) is 0 Å². The highest BCUT2D eigenvalue weighted by atomic mass is 79.9. The zero-order valence-corrected chi connectivity index (χ0v) is 24.6. The Balaban J connectivity index is 1.74. The van der Waals surface area contributed by atoms with Crippen molar-refractivity contribution >= 4 is 51.0 Å². The van der Waals surface area contributed by atoms with Gasteiger partial charge in [-0.3, -0.25) is 24.8 Å². The van der Waals surface area contributed by atoms with Crippen LogP contribution in [0, 0.1) is 10.1 Å². The second kappa shape index (κ2) is 11.9. The van der Waals surface area contributed by atoms with Gasteiger partial charge in [-0.25, -0.2) is 4.79 Å². The highest BCUT2D eigenvalue weighted by molar-refractivity contribution is 9.10. The zero-order valence-electron chi connectivity index (χ0n) is 22.3. The lowest BCUT2D eigenvalue weighted by molar-refractivity contribution is -0.384. The first-order valence-corrected chi connectivity index (χ1v) is 14.2. The summed E-state index contributed by atoms with van der Waals surface area (Å²) in [5.74, 6) is 0.223. The zero-order chi connectivity index (χ0) is 29.3. The van der Waals surface area contributed by atoms with Crippen molar-refractivity contribution in [2.45, 2.75) is 32.0 Å². The van der Waals surface area contributed by atoms with Crippen LogP contribution >= 0.6 is 27.5 Å². The minimum atomic E-state index is -0.681. The number of hydrogen-bond donors (Lipinski definition) is 1. The number of nitro benzene ring substituents is 1. The summed E-state index contributed by atoms with van der Waals surface area (Å²) in [4.78, 5) is 45.8. The molecule has 0 bridgehead atoms. The molecular weight excluding hydrogens is 614 g/mol. The molecule has 0 saturated carbocycles. The second-order valence-corrected chi connectivity index (χ2v) is 11.3. The van der Waals surface area contributed by atoms with Crippen molar-refractivity contribution in [2.24, 2.45) is 4.99 Å². The number of benzene rings is 3. The largest absolute Gasteiger partial charge is 0.490 e. The summed E-state index contributed by atoms with van der Waals surface area (Å²) < 4.78 is 6.91. The van der Waals surface area contributed by atoms with Gasteiger partial charge in [0.05, 0.1) is 28.7 Å². The number of rotatable bonds is 6. The molecule has 0 unspecified atom stereocenters. The SMILES string of the molecule is CC(C)Oc1cc([N+](=O)[O-])ccc1C1=N[C@@H](c2ccc(Br)cc2)[C@@H](c2ccccc2Cl)N1C(=O)N1CCNC(=O)C1. The van der Waals surface area contributed by atoms with Crippen molar-refractivity contribution in [1.29, 1.82) is 0 Å². The van der Waals surface area contributed by atoms with Crippen LogP contribution in [0.3, 0.4) is 0 Å². The van der Waals surface area contributed by atoms with E-state index in [9.17, 15) is 19.7 Å². The molecule has 12 heteroatoms. The van der Waals surface area contributed by atoms with E-state index in [4.69, 9.17) is 21.3 Å². The summed E-state index contributed by atoms with van der Waals surface area (Å²) in [6.07, 6.45) is -0.311. The van der Waals surface area contributed by atoms with Crippen LogP contribution in [-0.4, -0.2) is 58.2 Å². The highest BCUT2D eigenvalue weighted by Crippen LogP contribution is 2.47. The molecule has 2 aliphatic heterocycles. The van der Waals surface area contributed by atoms with E-state index >= 15 is 0 Å². The monoisotopic (exact) mass is 639 g/mol. The van der Waals surface area contributed by atoms with Crippen molar-refractivity contribution in [3.05, 3.63) is 103 Å². The summed E-state index contributed by atoms with van der Waals surface area (Å²) in [5, 5.41) is 14.8. The third-order valence-electron chi connectivity index (χ3n) is 6.80. The molecule has 3 amide bonds. The number of urea groups is 1. The van der Waals surface area contributed by atoms with E-state index in [-0.39, 0.29) is 35.8 Å². The van der Waals surface area contributed by atoms with E-state index in [1.165, 1.54) is 17.0 Å². The van der Waals surface area contributed by atoms with E-state index < -0.39 is 23.0 Å². The summed E-state index contributed by atoms with van der Waals surface area (Å²) in [7, 11) is 0. The molecule has 2 atom stereocenters. The Morgan fingerprint density at radius 3 is 2.56 bits per heavy atom. The molecule has 212 valence electrons. The lowest BCUT2D eigenvalue weighted by atomic mass is 9.93. The number of ether oxygens (including phenoxy) is 1. The molecule has 2 aliphatic rings. The van der Waals surface area contributed by atoms with Gasteiger partial charge in [-0.2, -0.15) is 0 Å². The van der Waals surface area contributed by atoms with Gasteiger partial charge in [-0.15, -0.1) is 0 Å². The maximum absolute atomic E-state index is 14.4. The predicted octanol–water partition coefficient (Wildman–Crippen LogP) is 5.89. The van der Waals surface area contributed by atoms with Crippen LogP contribution in [0.1, 0.15) is 42.6 Å². The average Bonchev–Trinajstić information content (AvgIpc) is 3.33. The minimum Gasteiger partial charge on any atom is -0.490 e. The van der Waals surface area contributed by atoms with E-state index in [0.717, 1.165) is 10.0 Å². The van der Waals surface area contributed by atoms with Crippen LogP contribution in [0.4, 0.5) is 10.5 Å². The number of aliphatic imine (C=N–C) groups is 1. The number of nitro groups is 1. The number of nitrogens with one attached hydrogen (secondary N) is 1. The van der Waals surface area contributed by atoms with Crippen LogP contribution in [0.2, 0.25) is 5.02 Å². The molecule has 1 saturated heterocycles. The molecule has 5 rings (SSSR count). The van der Waals surface area contributed by atoms with Crippen LogP contribution in [0.5, 0.6) is 5.75 Å². The average molecular weight is 641 g/mol. The maximum atomic E-state index is 14.4. The van der Waals surface area contributed by atoms with Gasteiger partial charge in [-0.1, -0.05) is 57.9 Å². The Morgan fingerprint density at radius 1 is 1.17 bits per heavy atom. The van der Waals surface area contributed by atoms with Crippen molar-refractivity contribution in [3.8, 4) is 5.75 Å². The molecular formula is C29H27BrClN5O5. The number of nitrogens with zero attached hydrogens (tertiary/aromatic N) is 4. The first-order chi connectivity index (χ1) is 19.6. The smallest absolute Gasteiger partial charge is 0.326 e. The minimum absolute atomic E-state index is 0.115. The van der Waals surface area contributed by atoms with Gasteiger partial charge in [0.25, 0.3) is 5.69 Å². The van der Waals surface area contributed by atoms with Gasteiger partial charge >= 0.3 is 6.03 Å². The molecule has 0 aromatic heterocycles. The van der Waals surface area contributed by atoms with Crippen LogP contribution in [0.25, 0.3) is 0 Å². The number of amides is 3. The van der Waals surface area contributed by atoms with Gasteiger partial charge in [0.1, 0.15) is 24.2 Å². The van der Waals surface area contributed by atoms with Crippen molar-refractivity contribution < 1.29 is 19.2 Å². The van der Waals surface area contributed by atoms with Gasteiger partial charge in [-0.05, 0) is 49.2 Å². The molecule has 3 aromatic rings. The van der Waals surface area contributed by atoms with Gasteiger partial charge in [0.15, 0.2) is 0 Å². The fourth-order valence-electron chi connectivity index (χ4n) is 5.00. The topological polar surface area (TPSA) is 117 Å². The van der Waals surface area contributed by atoms with Gasteiger partial charge in [0.2, 0.25) is 5.91 Å². The number of carbonyl (C=O) groups is 2. The second-order valence-electron chi connectivity index (χ2n) is 9.94. The molecule has 0 radical (unpaired) electrons. The molecule has 41 heavy (non-hydrogen) atoms. The summed E-state index contributed by atoms with van der Waals surface area (Å²) in [6, 6.07) is 17.4. The fourth-order valence-corrected chi connectivity index (χ4v) is 5.51. The highest BCUT2D eigenvalue weighted by Gasteiger charge is 2.46. The van der Waals surface area contributed by atoms with Crippen molar-refractivity contribution in [2.75, 3.05) is 19.6 Å². The van der Waals surface area contributed by atoms with Gasteiger partial charge in [0, 0.05) is 28.7 Å². The predicted molar refractivity (Wildman–Crippen MR) is 158 cm³/mol. The normalized spacial score (nSPS) is 18.8. The Kier molecular flexibility index (Phi) is 8.27. The molecule has 1 N–H and O–H groups in total. The lowest BCUT2D eigenvalue weighted by Gasteiger charge is -2.36. The van der Waals surface area contributed by atoms with E-state index in [0.29, 0.717) is 29.2 Å². The molecule has 0 spiro atoms. The molecule has 2 heterocycles. The number of halogens is 2. The van der Waals surface area contributed by atoms with E-state index in [1.54, 1.807) is 17.0 Å². The lowest BCUT2D eigenvalue weighted by Crippen LogP contribution is -2.55. The van der Waals surface area contributed by atoms with Crippen molar-refractivity contribution in [1.82, 2.24) is 15.1 Å². The first kappa shape index (κ1) is 28.6. The summed E-state index contributed by atoms with van der Waals surface area (Å²) >= 11 is 10.2. The fraction of sp³-hybridized carbons (Fsp3) is 0.276. The maximum Gasteiger partial charge on any atom is 0.326 e. The van der Waals surface area contributed by atoms with Crippen LogP contribution in [0.15, 0.2) is 76.2 Å². The number of hydrogen-bond acceptors (Lipinski definition) is 6. The van der Waals surface area contributed by atoms with Crippen LogP contribution < -0.4 is 10.1 Å². The number of amidine groups is 1.